The normalized spacial score (nSPS) is 11.8. The summed E-state index contributed by atoms with van der Waals surface area (Å²) in [6, 6.07) is 71.1. The van der Waals surface area contributed by atoms with E-state index in [9.17, 15) is 0 Å². The lowest BCUT2D eigenvalue weighted by molar-refractivity contribution is 0.666. The summed E-state index contributed by atoms with van der Waals surface area (Å²) in [7, 11) is 0. The lowest BCUT2D eigenvalue weighted by atomic mass is 10.00. The van der Waals surface area contributed by atoms with Gasteiger partial charge in [-0.1, -0.05) is 170 Å². The van der Waals surface area contributed by atoms with E-state index in [1.165, 1.54) is 42.4 Å². The van der Waals surface area contributed by atoms with Crippen LogP contribution in [0.25, 0.3) is 97.4 Å². The van der Waals surface area contributed by atoms with Crippen LogP contribution in [0.4, 0.5) is 17.1 Å². The Morgan fingerprint density at radius 2 is 0.759 bits per heavy atom. The van der Waals surface area contributed by atoms with E-state index < -0.39 is 0 Å². The van der Waals surface area contributed by atoms with Crippen molar-refractivity contribution < 1.29 is 8.83 Å². The Morgan fingerprint density at radius 3 is 1.40 bits per heavy atom. The molecule has 3 nitrogen and oxygen atoms in total. The zero-order valence-electron chi connectivity index (χ0n) is 31.2. The van der Waals surface area contributed by atoms with Gasteiger partial charge in [0.1, 0.15) is 11.2 Å². The summed E-state index contributed by atoms with van der Waals surface area (Å²) < 4.78 is 16.3. The summed E-state index contributed by atoms with van der Waals surface area (Å²) >= 11 is 1.88. The van der Waals surface area contributed by atoms with Crippen LogP contribution in [0, 0.1) is 0 Å². The molecule has 0 amide bonds. The van der Waals surface area contributed by atoms with Crippen LogP contribution >= 0.6 is 11.3 Å². The molecule has 0 N–H and O–H groups in total. The van der Waals surface area contributed by atoms with Gasteiger partial charge in [-0.2, -0.15) is 0 Å². The summed E-state index contributed by atoms with van der Waals surface area (Å²) in [4.78, 5) is 2.30. The van der Waals surface area contributed by atoms with Gasteiger partial charge in [0.05, 0.1) is 11.4 Å². The quantitative estimate of drug-likeness (QED) is 0.169. The Kier molecular flexibility index (Phi) is 7.40. The molecule has 0 atom stereocenters. The van der Waals surface area contributed by atoms with Gasteiger partial charge in [0.2, 0.25) is 0 Å². The molecule has 12 aromatic rings. The SMILES string of the molecule is c1ccc(-c2cccc3c2oc2c(N(c4ccc(-c5cccc6c5sc5c(-c7ccccc7)cccc56)cc4)c4cccc5c4oc4ccccc45)cccc23)cc1. The number of thiophene rings is 1. The van der Waals surface area contributed by atoms with E-state index in [4.69, 9.17) is 8.83 Å². The molecule has 0 radical (unpaired) electrons. The standard InChI is InChI=1S/C54H33NO2S/c1-3-14-34(15-4-1)38-19-9-22-43-44-24-13-28-48(52(44)57-50(38)43)55(47-27-12-23-42-41-18-7-8-29-49(41)56-51(42)47)37-32-30-36(31-33-37)40-21-11-26-46-45-25-10-20-39(53(45)58-54(40)46)35-16-5-2-6-17-35/h1-33H. The maximum absolute atomic E-state index is 7.00. The van der Waals surface area contributed by atoms with E-state index in [1.54, 1.807) is 0 Å². The molecule has 58 heavy (non-hydrogen) atoms. The molecule has 9 aromatic carbocycles. The van der Waals surface area contributed by atoms with Crippen molar-refractivity contribution in [3.63, 3.8) is 0 Å². The first kappa shape index (κ1) is 32.8. The van der Waals surface area contributed by atoms with Crippen molar-refractivity contribution in [3.05, 3.63) is 200 Å². The zero-order chi connectivity index (χ0) is 38.2. The van der Waals surface area contributed by atoms with E-state index in [0.29, 0.717) is 0 Å². The second kappa shape index (κ2) is 13.1. The second-order valence-electron chi connectivity index (χ2n) is 14.8. The van der Waals surface area contributed by atoms with Gasteiger partial charge in [-0.15, -0.1) is 11.3 Å². The fraction of sp³-hybridized carbons (Fsp3) is 0. The third-order valence-electron chi connectivity index (χ3n) is 11.5. The fourth-order valence-electron chi connectivity index (χ4n) is 8.83. The number of anilines is 3. The number of benzene rings is 9. The molecule has 272 valence electrons. The van der Waals surface area contributed by atoms with Crippen molar-refractivity contribution in [2.75, 3.05) is 4.90 Å². The van der Waals surface area contributed by atoms with Crippen molar-refractivity contribution in [1.29, 1.82) is 0 Å². The summed E-state index contributed by atoms with van der Waals surface area (Å²) in [5.41, 5.74) is 13.4. The highest BCUT2D eigenvalue weighted by Crippen LogP contribution is 2.48. The zero-order valence-corrected chi connectivity index (χ0v) is 32.0. The highest BCUT2D eigenvalue weighted by molar-refractivity contribution is 7.26. The molecule has 0 saturated heterocycles. The van der Waals surface area contributed by atoms with Gasteiger partial charge in [0.25, 0.3) is 0 Å². The third-order valence-corrected chi connectivity index (χ3v) is 12.8. The van der Waals surface area contributed by atoms with Crippen LogP contribution in [0.2, 0.25) is 0 Å². The minimum atomic E-state index is 0.822. The molecule has 0 fully saturated rings. The molecule has 0 aliphatic rings. The molecule has 0 unspecified atom stereocenters. The molecule has 0 bridgehead atoms. The number of para-hydroxylation sites is 4. The Morgan fingerprint density at radius 1 is 0.310 bits per heavy atom. The first-order chi connectivity index (χ1) is 28.8. The molecule has 12 rings (SSSR count). The van der Waals surface area contributed by atoms with Crippen molar-refractivity contribution in [2.45, 2.75) is 0 Å². The van der Waals surface area contributed by atoms with E-state index in [0.717, 1.165) is 72.1 Å². The molecule has 3 heterocycles. The number of nitrogens with zero attached hydrogens (tertiary/aromatic N) is 1. The maximum Gasteiger partial charge on any atom is 0.159 e. The van der Waals surface area contributed by atoms with Crippen molar-refractivity contribution in [1.82, 2.24) is 0 Å². The van der Waals surface area contributed by atoms with Crippen LogP contribution < -0.4 is 4.90 Å². The monoisotopic (exact) mass is 759 g/mol. The van der Waals surface area contributed by atoms with Crippen LogP contribution in [0.15, 0.2) is 209 Å². The van der Waals surface area contributed by atoms with Gasteiger partial charge in [0, 0.05) is 53.0 Å². The number of fused-ring (bicyclic) bond motifs is 9. The van der Waals surface area contributed by atoms with Gasteiger partial charge >= 0.3 is 0 Å². The van der Waals surface area contributed by atoms with Gasteiger partial charge in [-0.05, 0) is 58.1 Å². The van der Waals surface area contributed by atoms with Crippen molar-refractivity contribution >= 4 is 92.4 Å². The number of hydrogen-bond acceptors (Lipinski definition) is 4. The lowest BCUT2D eigenvalue weighted by Gasteiger charge is -2.25. The minimum Gasteiger partial charge on any atom is -0.454 e. The summed E-state index contributed by atoms with van der Waals surface area (Å²) in [5.74, 6) is 0. The van der Waals surface area contributed by atoms with Gasteiger partial charge in [-0.25, -0.2) is 0 Å². The molecule has 0 saturated carbocycles. The Hall–Kier alpha value is -7.40. The minimum absolute atomic E-state index is 0.822. The van der Waals surface area contributed by atoms with E-state index in [-0.39, 0.29) is 0 Å². The number of rotatable bonds is 6. The topological polar surface area (TPSA) is 29.5 Å². The maximum atomic E-state index is 7.00. The highest BCUT2D eigenvalue weighted by atomic mass is 32.1. The van der Waals surface area contributed by atoms with Crippen LogP contribution in [-0.4, -0.2) is 0 Å². The van der Waals surface area contributed by atoms with Gasteiger partial charge in [0.15, 0.2) is 11.2 Å². The van der Waals surface area contributed by atoms with E-state index in [1.807, 2.05) is 29.5 Å². The smallest absolute Gasteiger partial charge is 0.159 e. The Balaban J connectivity index is 1.06. The summed E-state index contributed by atoms with van der Waals surface area (Å²) in [6.07, 6.45) is 0. The largest absolute Gasteiger partial charge is 0.454 e. The molecule has 3 aromatic heterocycles. The molecule has 0 aliphatic carbocycles. The van der Waals surface area contributed by atoms with Crippen molar-refractivity contribution in [2.24, 2.45) is 0 Å². The van der Waals surface area contributed by atoms with Gasteiger partial charge in [-0.3, -0.25) is 0 Å². The van der Waals surface area contributed by atoms with Crippen LogP contribution in [0.1, 0.15) is 0 Å². The molecular weight excluding hydrogens is 727 g/mol. The van der Waals surface area contributed by atoms with E-state index >= 15 is 0 Å². The Bertz CT molecular complexity index is 3500. The second-order valence-corrected chi connectivity index (χ2v) is 15.8. The average Bonchev–Trinajstić information content (AvgIpc) is 4.00. The predicted octanol–water partition coefficient (Wildman–Crippen LogP) is 16.3. The van der Waals surface area contributed by atoms with Crippen LogP contribution in [0.3, 0.4) is 0 Å². The summed E-state index contributed by atoms with van der Waals surface area (Å²) in [5, 5.41) is 6.89. The predicted molar refractivity (Wildman–Crippen MR) is 245 cm³/mol. The average molecular weight is 760 g/mol. The highest BCUT2D eigenvalue weighted by Gasteiger charge is 2.24. The first-order valence-corrected chi connectivity index (χ1v) is 20.4. The fourth-order valence-corrected chi connectivity index (χ4v) is 10.2. The molecule has 0 spiro atoms. The van der Waals surface area contributed by atoms with Crippen LogP contribution in [0.5, 0.6) is 0 Å². The molecular formula is C54H33NO2S. The molecule has 4 heteroatoms. The Labute approximate surface area is 338 Å². The summed E-state index contributed by atoms with van der Waals surface area (Å²) in [6.45, 7) is 0. The first-order valence-electron chi connectivity index (χ1n) is 19.6. The van der Waals surface area contributed by atoms with Crippen molar-refractivity contribution in [3.8, 4) is 33.4 Å². The number of hydrogen-bond donors (Lipinski definition) is 0. The van der Waals surface area contributed by atoms with E-state index in [2.05, 4.69) is 187 Å². The molecule has 0 aliphatic heterocycles. The van der Waals surface area contributed by atoms with Crippen LogP contribution in [-0.2, 0) is 0 Å². The van der Waals surface area contributed by atoms with Gasteiger partial charge < -0.3 is 13.7 Å². The number of furan rings is 2. The third kappa shape index (κ3) is 5.05. The lowest BCUT2D eigenvalue weighted by Crippen LogP contribution is -2.10.